The van der Waals surface area contributed by atoms with E-state index in [0.717, 1.165) is 11.4 Å². The normalized spacial score (nSPS) is 16.9. The zero-order chi connectivity index (χ0) is 19.5. The third kappa shape index (κ3) is 3.64. The van der Waals surface area contributed by atoms with E-state index < -0.39 is 6.04 Å². The van der Waals surface area contributed by atoms with Gasteiger partial charge in [0.2, 0.25) is 5.91 Å². The summed E-state index contributed by atoms with van der Waals surface area (Å²) in [4.78, 5) is 29.6. The van der Waals surface area contributed by atoms with Crippen LogP contribution >= 0.6 is 11.3 Å². The van der Waals surface area contributed by atoms with E-state index in [4.69, 9.17) is 4.74 Å². The number of nitrogens with zero attached hydrogens (tertiary/aromatic N) is 2. The minimum Gasteiger partial charge on any atom is -0.457 e. The molecular formula is C22H20N2O3S. The predicted molar refractivity (Wildman–Crippen MR) is 110 cm³/mol. The van der Waals surface area contributed by atoms with Gasteiger partial charge in [-0.15, -0.1) is 11.3 Å². The van der Waals surface area contributed by atoms with E-state index in [1.54, 1.807) is 22.8 Å². The first-order valence-corrected chi connectivity index (χ1v) is 10.0. The number of hydrogen-bond donors (Lipinski definition) is 0. The van der Waals surface area contributed by atoms with Crippen LogP contribution in [0.15, 0.2) is 72.1 Å². The van der Waals surface area contributed by atoms with E-state index in [2.05, 4.69) is 0 Å². The van der Waals surface area contributed by atoms with Crippen molar-refractivity contribution >= 4 is 28.8 Å². The average Bonchev–Trinajstić information content (AvgIpc) is 3.26. The maximum Gasteiger partial charge on any atom is 0.264 e. The molecule has 0 bridgehead atoms. The zero-order valence-electron chi connectivity index (χ0n) is 15.4. The quantitative estimate of drug-likeness (QED) is 0.660. The molecule has 1 aliphatic heterocycles. The Balaban J connectivity index is 1.45. The van der Waals surface area contributed by atoms with Crippen molar-refractivity contribution in [2.24, 2.45) is 0 Å². The molecule has 0 N–H and O–H groups in total. The van der Waals surface area contributed by atoms with Crippen LogP contribution in [0, 0.1) is 0 Å². The Hall–Kier alpha value is -3.12. The predicted octanol–water partition coefficient (Wildman–Crippen LogP) is 4.42. The van der Waals surface area contributed by atoms with Crippen molar-refractivity contribution in [1.29, 1.82) is 0 Å². The SMILES string of the molecule is C[C@@H]1C(=O)N(c2ccc(Oc3ccccc3)cc2)CCN1C(=O)c1cccs1. The number of anilines is 1. The molecule has 2 amide bonds. The molecule has 0 spiro atoms. The molecule has 2 heterocycles. The Bertz CT molecular complexity index is 955. The van der Waals surface area contributed by atoms with Gasteiger partial charge in [-0.3, -0.25) is 9.59 Å². The van der Waals surface area contributed by atoms with Crippen molar-refractivity contribution < 1.29 is 14.3 Å². The maximum atomic E-state index is 12.9. The molecule has 3 aromatic rings. The van der Waals surface area contributed by atoms with E-state index in [0.29, 0.717) is 23.7 Å². The van der Waals surface area contributed by atoms with Gasteiger partial charge in [0.1, 0.15) is 17.5 Å². The van der Waals surface area contributed by atoms with Crippen LogP contribution in [0.3, 0.4) is 0 Å². The number of piperazine rings is 1. The zero-order valence-corrected chi connectivity index (χ0v) is 16.3. The van der Waals surface area contributed by atoms with Crippen molar-refractivity contribution in [2.45, 2.75) is 13.0 Å². The summed E-state index contributed by atoms with van der Waals surface area (Å²) in [6, 6.07) is 20.1. The van der Waals surface area contributed by atoms with Crippen LogP contribution in [0.1, 0.15) is 16.6 Å². The number of carbonyl (C=O) groups excluding carboxylic acids is 2. The van der Waals surface area contributed by atoms with Crippen LogP contribution in [0.25, 0.3) is 0 Å². The summed E-state index contributed by atoms with van der Waals surface area (Å²) in [6.07, 6.45) is 0. The molecule has 1 fully saturated rings. The smallest absolute Gasteiger partial charge is 0.264 e. The van der Waals surface area contributed by atoms with E-state index in [1.165, 1.54) is 11.3 Å². The lowest BCUT2D eigenvalue weighted by Crippen LogP contribution is -2.57. The van der Waals surface area contributed by atoms with Gasteiger partial charge < -0.3 is 14.5 Å². The first kappa shape index (κ1) is 18.3. The highest BCUT2D eigenvalue weighted by Gasteiger charge is 2.35. The number of amides is 2. The lowest BCUT2D eigenvalue weighted by Gasteiger charge is -2.39. The molecule has 2 aromatic carbocycles. The first-order valence-electron chi connectivity index (χ1n) is 9.12. The second kappa shape index (κ2) is 7.86. The Morgan fingerprint density at radius 2 is 1.68 bits per heavy atom. The Kier molecular flexibility index (Phi) is 5.12. The Morgan fingerprint density at radius 3 is 2.36 bits per heavy atom. The van der Waals surface area contributed by atoms with Crippen LogP contribution in [-0.2, 0) is 4.79 Å². The highest BCUT2D eigenvalue weighted by atomic mass is 32.1. The van der Waals surface area contributed by atoms with Gasteiger partial charge in [-0.2, -0.15) is 0 Å². The number of hydrogen-bond acceptors (Lipinski definition) is 4. The fourth-order valence-corrected chi connectivity index (χ4v) is 3.94. The highest BCUT2D eigenvalue weighted by molar-refractivity contribution is 7.12. The van der Waals surface area contributed by atoms with Crippen molar-refractivity contribution in [3.8, 4) is 11.5 Å². The second-order valence-electron chi connectivity index (χ2n) is 6.55. The standard InChI is InChI=1S/C22H20N2O3S/c1-16-21(25)24(14-13-23(16)22(26)20-8-5-15-28-20)17-9-11-19(12-10-17)27-18-6-3-2-4-7-18/h2-12,15-16H,13-14H2,1H3/t16-/m1/s1. The summed E-state index contributed by atoms with van der Waals surface area (Å²) in [5, 5.41) is 1.87. The number of para-hydroxylation sites is 1. The molecule has 5 nitrogen and oxygen atoms in total. The van der Waals surface area contributed by atoms with Crippen LogP contribution < -0.4 is 9.64 Å². The number of carbonyl (C=O) groups is 2. The van der Waals surface area contributed by atoms with Crippen molar-refractivity contribution in [1.82, 2.24) is 4.90 Å². The van der Waals surface area contributed by atoms with Gasteiger partial charge in [-0.1, -0.05) is 24.3 Å². The molecule has 1 saturated heterocycles. The van der Waals surface area contributed by atoms with Crippen LogP contribution in [0.5, 0.6) is 11.5 Å². The van der Waals surface area contributed by atoms with Gasteiger partial charge in [0.05, 0.1) is 4.88 Å². The molecule has 0 unspecified atom stereocenters. The molecule has 0 aliphatic carbocycles. The molecule has 0 saturated carbocycles. The maximum absolute atomic E-state index is 12.9. The summed E-state index contributed by atoms with van der Waals surface area (Å²) < 4.78 is 5.80. The number of thiophene rings is 1. The second-order valence-corrected chi connectivity index (χ2v) is 7.50. The van der Waals surface area contributed by atoms with Crippen molar-refractivity contribution in [3.05, 3.63) is 77.0 Å². The highest BCUT2D eigenvalue weighted by Crippen LogP contribution is 2.27. The van der Waals surface area contributed by atoms with Crippen molar-refractivity contribution in [2.75, 3.05) is 18.0 Å². The van der Waals surface area contributed by atoms with Crippen molar-refractivity contribution in [3.63, 3.8) is 0 Å². The van der Waals surface area contributed by atoms with Crippen LogP contribution in [-0.4, -0.2) is 35.8 Å². The lowest BCUT2D eigenvalue weighted by atomic mass is 10.1. The fraction of sp³-hybridized carbons (Fsp3) is 0.182. The average molecular weight is 392 g/mol. The van der Waals surface area contributed by atoms with Crippen LogP contribution in [0.4, 0.5) is 5.69 Å². The number of ether oxygens (including phenoxy) is 1. The Labute approximate surface area is 167 Å². The summed E-state index contributed by atoms with van der Waals surface area (Å²) in [7, 11) is 0. The molecule has 1 aromatic heterocycles. The van der Waals surface area contributed by atoms with Gasteiger partial charge in [0, 0.05) is 18.8 Å². The van der Waals surface area contributed by atoms with Gasteiger partial charge >= 0.3 is 0 Å². The molecule has 4 rings (SSSR count). The number of benzene rings is 2. The third-order valence-corrected chi connectivity index (χ3v) is 5.63. The molecule has 6 heteroatoms. The molecule has 1 aliphatic rings. The minimum absolute atomic E-state index is 0.0760. The number of rotatable bonds is 4. The molecule has 1 atom stereocenters. The largest absolute Gasteiger partial charge is 0.457 e. The summed E-state index contributed by atoms with van der Waals surface area (Å²) in [5.41, 5.74) is 0.806. The molecule has 142 valence electrons. The molecule has 28 heavy (non-hydrogen) atoms. The van der Waals surface area contributed by atoms with E-state index >= 15 is 0 Å². The third-order valence-electron chi connectivity index (χ3n) is 4.78. The summed E-state index contributed by atoms with van der Waals surface area (Å²) >= 11 is 1.40. The monoisotopic (exact) mass is 392 g/mol. The van der Waals surface area contributed by atoms with E-state index in [1.807, 2.05) is 66.0 Å². The molecule has 0 radical (unpaired) electrons. The first-order chi connectivity index (χ1) is 13.6. The summed E-state index contributed by atoms with van der Waals surface area (Å²) in [5.74, 6) is 1.32. The van der Waals surface area contributed by atoms with Gasteiger partial charge in [-0.25, -0.2) is 0 Å². The van der Waals surface area contributed by atoms with E-state index in [9.17, 15) is 9.59 Å². The Morgan fingerprint density at radius 1 is 0.964 bits per heavy atom. The van der Waals surface area contributed by atoms with Gasteiger partial charge in [0.25, 0.3) is 5.91 Å². The topological polar surface area (TPSA) is 49.9 Å². The molecular weight excluding hydrogens is 372 g/mol. The fourth-order valence-electron chi connectivity index (χ4n) is 3.26. The van der Waals surface area contributed by atoms with Crippen LogP contribution in [0.2, 0.25) is 0 Å². The van der Waals surface area contributed by atoms with Gasteiger partial charge in [-0.05, 0) is 54.8 Å². The van der Waals surface area contributed by atoms with E-state index in [-0.39, 0.29) is 11.8 Å². The van der Waals surface area contributed by atoms with Gasteiger partial charge in [0.15, 0.2) is 0 Å². The summed E-state index contributed by atoms with van der Waals surface area (Å²) in [6.45, 7) is 2.76. The minimum atomic E-state index is -0.497. The lowest BCUT2D eigenvalue weighted by molar-refractivity contribution is -0.124.